The van der Waals surface area contributed by atoms with Gasteiger partial charge in [-0.05, 0) is 36.4 Å². The summed E-state index contributed by atoms with van der Waals surface area (Å²) in [5.41, 5.74) is 1.55. The molecule has 0 radical (unpaired) electrons. The van der Waals surface area contributed by atoms with E-state index in [1.807, 2.05) is 12.1 Å². The molecule has 0 amide bonds. The molecule has 0 unspecified atom stereocenters. The van der Waals surface area contributed by atoms with Crippen molar-refractivity contribution in [1.29, 1.82) is 0 Å². The van der Waals surface area contributed by atoms with Gasteiger partial charge in [0, 0.05) is 5.39 Å². The van der Waals surface area contributed by atoms with E-state index >= 15 is 0 Å². The fraction of sp³-hybridized carbons (Fsp3) is 0.0625. The Morgan fingerprint density at radius 2 is 1.95 bits per heavy atom. The molecule has 0 atom stereocenters. The van der Waals surface area contributed by atoms with Crippen molar-refractivity contribution in [2.45, 2.75) is 6.61 Å². The van der Waals surface area contributed by atoms with Crippen LogP contribution in [0.15, 0.2) is 48.5 Å². The van der Waals surface area contributed by atoms with E-state index in [0.717, 1.165) is 11.1 Å². The Labute approximate surface area is 119 Å². The number of hydrogen-bond donors (Lipinski definition) is 2. The van der Waals surface area contributed by atoms with Gasteiger partial charge >= 0.3 is 5.97 Å². The minimum Gasteiger partial charge on any atom is -0.487 e. The second-order valence-corrected chi connectivity index (χ2v) is 4.61. The number of halogens is 1. The molecular weight excluding hydrogens is 273 g/mol. The summed E-state index contributed by atoms with van der Waals surface area (Å²) in [6, 6.07) is 12.6. The number of benzene rings is 2. The van der Waals surface area contributed by atoms with Crippen LogP contribution in [0.3, 0.4) is 0 Å². The van der Waals surface area contributed by atoms with Crippen LogP contribution in [0.1, 0.15) is 16.1 Å². The van der Waals surface area contributed by atoms with Crippen LogP contribution in [0, 0.1) is 5.82 Å². The van der Waals surface area contributed by atoms with Gasteiger partial charge in [-0.2, -0.15) is 0 Å². The standard InChI is InChI=1S/C16H12FNO3/c17-11-4-6-13(7-5-11)21-9-12-8-10-2-1-3-14(16(19)20)15(10)18-12/h1-8,18H,9H2,(H,19,20). The molecule has 1 aromatic heterocycles. The number of aromatic carboxylic acids is 1. The van der Waals surface area contributed by atoms with Crippen molar-refractivity contribution in [2.75, 3.05) is 0 Å². The number of carboxylic acids is 1. The lowest BCUT2D eigenvalue weighted by Gasteiger charge is -2.04. The lowest BCUT2D eigenvalue weighted by Crippen LogP contribution is -1.98. The Morgan fingerprint density at radius 1 is 1.19 bits per heavy atom. The van der Waals surface area contributed by atoms with Gasteiger partial charge in [0.05, 0.1) is 16.8 Å². The maximum absolute atomic E-state index is 12.8. The molecular formula is C16H12FNO3. The monoisotopic (exact) mass is 285 g/mol. The molecule has 0 aliphatic carbocycles. The average Bonchev–Trinajstić information content (AvgIpc) is 2.89. The first-order valence-electron chi connectivity index (χ1n) is 6.36. The summed E-state index contributed by atoms with van der Waals surface area (Å²) in [7, 11) is 0. The Kier molecular flexibility index (Phi) is 3.31. The van der Waals surface area contributed by atoms with Crippen LogP contribution in [-0.2, 0) is 6.61 Å². The summed E-state index contributed by atoms with van der Waals surface area (Å²) in [4.78, 5) is 14.2. The highest BCUT2D eigenvalue weighted by Gasteiger charge is 2.11. The van der Waals surface area contributed by atoms with Crippen molar-refractivity contribution in [3.8, 4) is 5.75 Å². The predicted octanol–water partition coefficient (Wildman–Crippen LogP) is 3.58. The number of carbonyl (C=O) groups is 1. The quantitative estimate of drug-likeness (QED) is 0.770. The molecule has 0 saturated carbocycles. The minimum atomic E-state index is -0.978. The Hall–Kier alpha value is -2.82. The van der Waals surface area contributed by atoms with Gasteiger partial charge in [-0.15, -0.1) is 0 Å². The van der Waals surface area contributed by atoms with E-state index in [9.17, 15) is 9.18 Å². The minimum absolute atomic E-state index is 0.223. The molecule has 1 heterocycles. The number of fused-ring (bicyclic) bond motifs is 1. The number of ether oxygens (including phenoxy) is 1. The normalized spacial score (nSPS) is 10.7. The molecule has 0 aliphatic heterocycles. The highest BCUT2D eigenvalue weighted by atomic mass is 19.1. The summed E-state index contributed by atoms with van der Waals surface area (Å²) >= 11 is 0. The van der Waals surface area contributed by atoms with Gasteiger partial charge in [0.25, 0.3) is 0 Å². The topological polar surface area (TPSA) is 62.3 Å². The molecule has 4 nitrogen and oxygen atoms in total. The van der Waals surface area contributed by atoms with Crippen molar-refractivity contribution >= 4 is 16.9 Å². The maximum atomic E-state index is 12.8. The van der Waals surface area contributed by atoms with Crippen LogP contribution in [0.4, 0.5) is 4.39 Å². The molecule has 0 saturated heterocycles. The lowest BCUT2D eigenvalue weighted by atomic mass is 10.1. The second kappa shape index (κ2) is 5.28. The number of H-pyrrole nitrogens is 1. The van der Waals surface area contributed by atoms with Gasteiger partial charge in [-0.3, -0.25) is 0 Å². The molecule has 5 heteroatoms. The first kappa shape index (κ1) is 13.2. The van der Waals surface area contributed by atoms with Gasteiger partial charge in [-0.1, -0.05) is 12.1 Å². The molecule has 0 bridgehead atoms. The molecule has 21 heavy (non-hydrogen) atoms. The number of rotatable bonds is 4. The van der Waals surface area contributed by atoms with Crippen molar-refractivity contribution < 1.29 is 19.0 Å². The van der Waals surface area contributed by atoms with Crippen LogP contribution < -0.4 is 4.74 Å². The molecule has 2 aromatic carbocycles. The number of hydrogen-bond acceptors (Lipinski definition) is 2. The van der Waals surface area contributed by atoms with Crippen LogP contribution in [0.25, 0.3) is 10.9 Å². The number of carboxylic acid groups (broad SMARTS) is 1. The summed E-state index contributed by atoms with van der Waals surface area (Å²) in [5.74, 6) is -0.749. The summed E-state index contributed by atoms with van der Waals surface area (Å²) in [6.45, 7) is 0.249. The molecule has 106 valence electrons. The van der Waals surface area contributed by atoms with E-state index in [2.05, 4.69) is 4.98 Å². The molecule has 0 spiro atoms. The number of nitrogens with one attached hydrogen (secondary N) is 1. The smallest absolute Gasteiger partial charge is 0.337 e. The van der Waals surface area contributed by atoms with Crippen molar-refractivity contribution in [1.82, 2.24) is 4.98 Å². The fourth-order valence-electron chi connectivity index (χ4n) is 2.16. The molecule has 2 N–H and O–H groups in total. The van der Waals surface area contributed by atoms with Crippen molar-refractivity contribution in [3.63, 3.8) is 0 Å². The Bertz CT molecular complexity index is 793. The van der Waals surface area contributed by atoms with E-state index in [4.69, 9.17) is 9.84 Å². The number of aromatic amines is 1. The fourth-order valence-corrected chi connectivity index (χ4v) is 2.16. The molecule has 0 fully saturated rings. The lowest BCUT2D eigenvalue weighted by molar-refractivity contribution is 0.0699. The van der Waals surface area contributed by atoms with E-state index < -0.39 is 5.97 Å². The zero-order valence-electron chi connectivity index (χ0n) is 11.0. The molecule has 3 rings (SSSR count). The van der Waals surface area contributed by atoms with Gasteiger partial charge in [0.15, 0.2) is 0 Å². The predicted molar refractivity (Wildman–Crippen MR) is 76.0 cm³/mol. The Morgan fingerprint density at radius 3 is 2.67 bits per heavy atom. The van der Waals surface area contributed by atoms with Crippen LogP contribution in [0.2, 0.25) is 0 Å². The van der Waals surface area contributed by atoms with Gasteiger partial charge < -0.3 is 14.8 Å². The highest BCUT2D eigenvalue weighted by Crippen LogP contribution is 2.21. The average molecular weight is 285 g/mol. The first-order chi connectivity index (χ1) is 10.1. The van der Waals surface area contributed by atoms with E-state index in [1.54, 1.807) is 24.3 Å². The highest BCUT2D eigenvalue weighted by molar-refractivity contribution is 6.02. The van der Waals surface area contributed by atoms with E-state index in [0.29, 0.717) is 11.3 Å². The first-order valence-corrected chi connectivity index (χ1v) is 6.36. The van der Waals surface area contributed by atoms with Crippen molar-refractivity contribution in [3.05, 3.63) is 65.6 Å². The zero-order chi connectivity index (χ0) is 14.8. The Balaban J connectivity index is 1.83. The third kappa shape index (κ3) is 2.72. The van der Waals surface area contributed by atoms with Gasteiger partial charge in [-0.25, -0.2) is 9.18 Å². The van der Waals surface area contributed by atoms with Gasteiger partial charge in [0.2, 0.25) is 0 Å². The molecule has 3 aromatic rings. The second-order valence-electron chi connectivity index (χ2n) is 4.61. The summed E-state index contributed by atoms with van der Waals surface area (Å²) in [6.07, 6.45) is 0. The third-order valence-corrected chi connectivity index (χ3v) is 3.15. The SMILES string of the molecule is O=C(O)c1cccc2cc(COc3ccc(F)cc3)[nH]c12. The van der Waals surface area contributed by atoms with E-state index in [1.165, 1.54) is 12.1 Å². The maximum Gasteiger partial charge on any atom is 0.337 e. The number of aromatic nitrogens is 1. The largest absolute Gasteiger partial charge is 0.487 e. The van der Waals surface area contributed by atoms with E-state index in [-0.39, 0.29) is 18.0 Å². The molecule has 0 aliphatic rings. The zero-order valence-corrected chi connectivity index (χ0v) is 11.0. The van der Waals surface area contributed by atoms with Gasteiger partial charge in [0.1, 0.15) is 18.2 Å². The van der Waals surface area contributed by atoms with Crippen LogP contribution in [0.5, 0.6) is 5.75 Å². The van der Waals surface area contributed by atoms with Crippen LogP contribution >= 0.6 is 0 Å². The van der Waals surface area contributed by atoms with Crippen LogP contribution in [-0.4, -0.2) is 16.1 Å². The number of para-hydroxylation sites is 1. The van der Waals surface area contributed by atoms with Crippen molar-refractivity contribution in [2.24, 2.45) is 0 Å². The summed E-state index contributed by atoms with van der Waals surface area (Å²) < 4.78 is 18.3. The summed E-state index contributed by atoms with van der Waals surface area (Å²) in [5, 5.41) is 9.95. The third-order valence-electron chi connectivity index (χ3n) is 3.15.